The minimum atomic E-state index is -0.658. The number of nitrogens with one attached hydrogen (secondary N) is 1. The van der Waals surface area contributed by atoms with Gasteiger partial charge in [-0.2, -0.15) is 0 Å². The molecule has 29 heavy (non-hydrogen) atoms. The van der Waals surface area contributed by atoms with E-state index in [9.17, 15) is 9.18 Å². The van der Waals surface area contributed by atoms with E-state index in [4.69, 9.17) is 4.74 Å². The number of Topliss-reactive ketones (excluding diaryl/α,β-unsaturated/α-hetero) is 1. The summed E-state index contributed by atoms with van der Waals surface area (Å²) in [7, 11) is 1.60. The molecule has 0 aliphatic carbocycles. The minimum Gasteiger partial charge on any atom is -0.497 e. The van der Waals surface area contributed by atoms with Crippen LogP contribution in [0.5, 0.6) is 5.75 Å². The van der Waals surface area contributed by atoms with E-state index in [0.717, 1.165) is 22.2 Å². The topological polar surface area (TPSA) is 38.3 Å². The zero-order chi connectivity index (χ0) is 20.2. The highest BCUT2D eigenvalue weighted by molar-refractivity contribution is 6.11. The van der Waals surface area contributed by atoms with E-state index in [2.05, 4.69) is 5.32 Å². The second-order valence-electron chi connectivity index (χ2n) is 6.75. The van der Waals surface area contributed by atoms with Crippen LogP contribution in [0.2, 0.25) is 0 Å². The van der Waals surface area contributed by atoms with Gasteiger partial charge in [0.05, 0.1) is 7.11 Å². The number of rotatable bonds is 6. The van der Waals surface area contributed by atoms with E-state index in [1.807, 2.05) is 66.7 Å². The number of carbonyl (C=O) groups excluding carboxylic acids is 1. The van der Waals surface area contributed by atoms with Gasteiger partial charge in [0.15, 0.2) is 5.78 Å². The SMILES string of the molecule is COc1ccc(NC(C(=O)c2cccc3ccccc23)c2ccc(F)cc2)cc1. The first-order valence-corrected chi connectivity index (χ1v) is 9.34. The van der Waals surface area contributed by atoms with Crippen LogP contribution in [-0.4, -0.2) is 12.9 Å². The molecule has 0 aliphatic rings. The molecule has 0 spiro atoms. The molecule has 0 heterocycles. The average Bonchev–Trinajstić information content (AvgIpc) is 2.78. The Bertz CT molecular complexity index is 1130. The van der Waals surface area contributed by atoms with Crippen molar-refractivity contribution in [3.8, 4) is 5.75 Å². The first-order valence-electron chi connectivity index (χ1n) is 9.34. The van der Waals surface area contributed by atoms with Crippen molar-refractivity contribution in [3.05, 3.63) is 108 Å². The highest BCUT2D eigenvalue weighted by Gasteiger charge is 2.23. The predicted molar refractivity (Wildman–Crippen MR) is 114 cm³/mol. The third-order valence-electron chi connectivity index (χ3n) is 4.92. The van der Waals surface area contributed by atoms with Gasteiger partial charge in [-0.15, -0.1) is 0 Å². The number of ketones is 1. The first kappa shape index (κ1) is 18.7. The summed E-state index contributed by atoms with van der Waals surface area (Å²) < 4.78 is 18.7. The molecule has 0 aliphatic heterocycles. The second kappa shape index (κ2) is 8.15. The summed E-state index contributed by atoms with van der Waals surface area (Å²) in [6.07, 6.45) is 0. The summed E-state index contributed by atoms with van der Waals surface area (Å²) in [4.78, 5) is 13.6. The first-order chi connectivity index (χ1) is 14.2. The maximum Gasteiger partial charge on any atom is 0.190 e. The fourth-order valence-electron chi connectivity index (χ4n) is 3.41. The molecular weight excluding hydrogens is 365 g/mol. The molecule has 0 saturated carbocycles. The number of methoxy groups -OCH3 is 1. The molecule has 1 atom stereocenters. The Labute approximate surface area is 168 Å². The Kier molecular flexibility index (Phi) is 5.25. The van der Waals surface area contributed by atoms with Crippen LogP contribution < -0.4 is 10.1 Å². The lowest BCUT2D eigenvalue weighted by Gasteiger charge is -2.20. The monoisotopic (exact) mass is 385 g/mol. The van der Waals surface area contributed by atoms with Crippen LogP contribution in [0.1, 0.15) is 22.0 Å². The number of halogens is 1. The van der Waals surface area contributed by atoms with Crippen molar-refractivity contribution >= 4 is 22.2 Å². The van der Waals surface area contributed by atoms with E-state index in [0.29, 0.717) is 11.1 Å². The molecule has 4 rings (SSSR count). The number of carbonyl (C=O) groups is 1. The van der Waals surface area contributed by atoms with Crippen LogP contribution in [0.25, 0.3) is 10.8 Å². The fraction of sp³-hybridized carbons (Fsp3) is 0.0800. The van der Waals surface area contributed by atoms with Gasteiger partial charge >= 0.3 is 0 Å². The van der Waals surface area contributed by atoms with Crippen LogP contribution in [0.4, 0.5) is 10.1 Å². The minimum absolute atomic E-state index is 0.0794. The smallest absolute Gasteiger partial charge is 0.190 e. The third-order valence-corrected chi connectivity index (χ3v) is 4.92. The molecule has 0 bridgehead atoms. The Hall–Kier alpha value is -3.66. The molecule has 4 aromatic rings. The van der Waals surface area contributed by atoms with Gasteiger partial charge in [0.2, 0.25) is 0 Å². The molecular formula is C25H20FNO2. The van der Waals surface area contributed by atoms with Gasteiger partial charge in [0, 0.05) is 11.3 Å². The van der Waals surface area contributed by atoms with Crippen molar-refractivity contribution in [1.82, 2.24) is 0 Å². The van der Waals surface area contributed by atoms with Crippen molar-refractivity contribution in [2.24, 2.45) is 0 Å². The number of ether oxygens (including phenoxy) is 1. The molecule has 4 heteroatoms. The van der Waals surface area contributed by atoms with E-state index in [1.54, 1.807) is 19.2 Å². The molecule has 144 valence electrons. The van der Waals surface area contributed by atoms with Crippen LogP contribution >= 0.6 is 0 Å². The van der Waals surface area contributed by atoms with Gasteiger partial charge in [-0.1, -0.05) is 54.6 Å². The Balaban J connectivity index is 1.76. The number of hydrogen-bond acceptors (Lipinski definition) is 3. The summed E-state index contributed by atoms with van der Waals surface area (Å²) in [5.74, 6) is 0.313. The summed E-state index contributed by atoms with van der Waals surface area (Å²) >= 11 is 0. The fourth-order valence-corrected chi connectivity index (χ4v) is 3.41. The van der Waals surface area contributed by atoms with Crippen LogP contribution in [0.3, 0.4) is 0 Å². The lowest BCUT2D eigenvalue weighted by molar-refractivity contribution is 0.0971. The number of hydrogen-bond donors (Lipinski definition) is 1. The summed E-state index contributed by atoms with van der Waals surface area (Å²) in [5, 5.41) is 5.19. The Morgan fingerprint density at radius 1 is 0.862 bits per heavy atom. The highest BCUT2D eigenvalue weighted by atomic mass is 19.1. The summed E-state index contributed by atoms with van der Waals surface area (Å²) in [5.41, 5.74) is 2.09. The molecule has 1 N–H and O–H groups in total. The maximum atomic E-state index is 13.6. The molecule has 0 aromatic heterocycles. The lowest BCUT2D eigenvalue weighted by Crippen LogP contribution is -2.21. The van der Waals surface area contributed by atoms with Crippen LogP contribution in [-0.2, 0) is 0 Å². The maximum absolute atomic E-state index is 13.6. The van der Waals surface area contributed by atoms with E-state index < -0.39 is 6.04 Å². The van der Waals surface area contributed by atoms with Gasteiger partial charge in [0.1, 0.15) is 17.6 Å². The second-order valence-corrected chi connectivity index (χ2v) is 6.75. The van der Waals surface area contributed by atoms with E-state index in [-0.39, 0.29) is 11.6 Å². The van der Waals surface area contributed by atoms with Crippen molar-refractivity contribution in [1.29, 1.82) is 0 Å². The van der Waals surface area contributed by atoms with Gasteiger partial charge in [-0.05, 0) is 52.7 Å². The summed E-state index contributed by atoms with van der Waals surface area (Å²) in [6.45, 7) is 0. The number of benzene rings is 4. The number of fused-ring (bicyclic) bond motifs is 1. The van der Waals surface area contributed by atoms with Crippen LogP contribution in [0.15, 0.2) is 91.0 Å². The van der Waals surface area contributed by atoms with E-state index >= 15 is 0 Å². The molecule has 1 unspecified atom stereocenters. The molecule has 0 radical (unpaired) electrons. The van der Waals surface area contributed by atoms with Gasteiger partial charge in [0.25, 0.3) is 0 Å². The number of anilines is 1. The lowest BCUT2D eigenvalue weighted by atomic mass is 9.93. The zero-order valence-corrected chi connectivity index (χ0v) is 15.9. The summed E-state index contributed by atoms with van der Waals surface area (Å²) in [6, 6.07) is 26.2. The predicted octanol–water partition coefficient (Wildman–Crippen LogP) is 6.02. The van der Waals surface area contributed by atoms with Crippen molar-refractivity contribution in [2.75, 3.05) is 12.4 Å². The van der Waals surface area contributed by atoms with Gasteiger partial charge in [-0.25, -0.2) is 4.39 Å². The normalized spacial score (nSPS) is 11.8. The van der Waals surface area contributed by atoms with Crippen molar-refractivity contribution in [3.63, 3.8) is 0 Å². The molecule has 4 aromatic carbocycles. The third kappa shape index (κ3) is 3.97. The van der Waals surface area contributed by atoms with Crippen molar-refractivity contribution in [2.45, 2.75) is 6.04 Å². The standard InChI is InChI=1S/C25H20FNO2/c1-29-21-15-13-20(14-16-21)27-24(18-9-11-19(26)12-10-18)25(28)23-8-4-6-17-5-2-3-7-22(17)23/h2-16,24,27H,1H3. The molecule has 0 fully saturated rings. The van der Waals surface area contributed by atoms with Gasteiger partial charge in [-0.3, -0.25) is 4.79 Å². The van der Waals surface area contributed by atoms with Gasteiger partial charge < -0.3 is 10.1 Å². The average molecular weight is 385 g/mol. The highest BCUT2D eigenvalue weighted by Crippen LogP contribution is 2.28. The molecule has 0 amide bonds. The largest absolute Gasteiger partial charge is 0.497 e. The Morgan fingerprint density at radius 3 is 2.28 bits per heavy atom. The quantitative estimate of drug-likeness (QED) is 0.412. The van der Waals surface area contributed by atoms with Crippen molar-refractivity contribution < 1.29 is 13.9 Å². The van der Waals surface area contributed by atoms with E-state index in [1.165, 1.54) is 12.1 Å². The van der Waals surface area contributed by atoms with Crippen LogP contribution in [0, 0.1) is 5.82 Å². The zero-order valence-electron chi connectivity index (χ0n) is 15.9. The molecule has 0 saturated heterocycles. The Morgan fingerprint density at radius 2 is 1.55 bits per heavy atom. The molecule has 3 nitrogen and oxygen atoms in total.